The van der Waals surface area contributed by atoms with Crippen molar-refractivity contribution >= 4 is 17.6 Å². The van der Waals surface area contributed by atoms with E-state index in [2.05, 4.69) is 26.0 Å². The van der Waals surface area contributed by atoms with Gasteiger partial charge < -0.3 is 15.2 Å². The SMILES string of the molecule is Cc1cnn(C)c1-c1ccc(C[n+]2cc([N-]C(=O)Nc3cccc(C(F)(F)F)c3)on2)nc1. The molecule has 0 saturated heterocycles. The number of pyridine rings is 1. The lowest BCUT2D eigenvalue weighted by molar-refractivity contribution is -0.755. The molecule has 2 amide bonds. The first-order valence-electron chi connectivity index (χ1n) is 9.69. The number of aryl methyl sites for hydroxylation is 2. The number of carbonyl (C=O) groups excluding carboxylic acids is 1. The van der Waals surface area contributed by atoms with Gasteiger partial charge in [-0.2, -0.15) is 18.3 Å². The highest BCUT2D eigenvalue weighted by Crippen LogP contribution is 2.31. The standard InChI is InChI=1S/C21H18F3N7O2/c1-13-9-26-30(2)19(13)14-6-7-17(25-10-14)11-31-12-18(33-29-31)28-20(32)27-16-5-3-4-15(8-16)21(22,23)24/h3-10,12H,11H2,1-2H3,(H-,27,28,29,32). The van der Waals surface area contributed by atoms with E-state index in [1.165, 1.54) is 23.0 Å². The third-order valence-corrected chi connectivity index (χ3v) is 4.70. The van der Waals surface area contributed by atoms with E-state index in [1.54, 1.807) is 17.1 Å². The summed E-state index contributed by atoms with van der Waals surface area (Å²) in [7, 11) is 1.86. The van der Waals surface area contributed by atoms with E-state index in [-0.39, 0.29) is 18.1 Å². The summed E-state index contributed by atoms with van der Waals surface area (Å²) in [6.07, 6.45) is 0.375. The number of amides is 2. The number of aromatic nitrogens is 5. The molecule has 170 valence electrons. The molecule has 0 bridgehead atoms. The molecule has 0 aliphatic rings. The highest BCUT2D eigenvalue weighted by atomic mass is 19.4. The van der Waals surface area contributed by atoms with E-state index in [0.717, 1.165) is 29.0 Å². The van der Waals surface area contributed by atoms with E-state index < -0.39 is 17.8 Å². The van der Waals surface area contributed by atoms with E-state index in [9.17, 15) is 18.0 Å². The Morgan fingerprint density at radius 2 is 2.06 bits per heavy atom. The predicted molar refractivity (Wildman–Crippen MR) is 110 cm³/mol. The minimum absolute atomic E-state index is 0.0427. The van der Waals surface area contributed by atoms with Crippen LogP contribution in [0.15, 0.2) is 59.5 Å². The first-order chi connectivity index (χ1) is 15.7. The summed E-state index contributed by atoms with van der Waals surface area (Å²) >= 11 is 0. The molecule has 9 nitrogen and oxygen atoms in total. The second-order valence-electron chi connectivity index (χ2n) is 7.20. The molecule has 3 aromatic heterocycles. The van der Waals surface area contributed by atoms with Gasteiger partial charge in [0.1, 0.15) is 5.69 Å². The number of benzene rings is 1. The quantitative estimate of drug-likeness (QED) is 0.448. The number of nitrogens with zero attached hydrogens (tertiary/aromatic N) is 6. The van der Waals surface area contributed by atoms with Gasteiger partial charge >= 0.3 is 6.18 Å². The zero-order valence-electron chi connectivity index (χ0n) is 17.5. The van der Waals surface area contributed by atoms with Crippen LogP contribution < -0.4 is 10.00 Å². The highest BCUT2D eigenvalue weighted by Gasteiger charge is 2.30. The van der Waals surface area contributed by atoms with Crippen molar-refractivity contribution < 1.29 is 27.2 Å². The highest BCUT2D eigenvalue weighted by molar-refractivity contribution is 6.03. The molecule has 0 aliphatic heterocycles. The van der Waals surface area contributed by atoms with Crippen molar-refractivity contribution in [2.75, 3.05) is 5.32 Å². The monoisotopic (exact) mass is 457 g/mol. The zero-order valence-corrected chi connectivity index (χ0v) is 17.5. The Balaban J connectivity index is 1.37. The number of carbonyl (C=O) groups is 1. The molecule has 1 aromatic carbocycles. The fourth-order valence-electron chi connectivity index (χ4n) is 3.20. The zero-order chi connectivity index (χ0) is 23.6. The molecule has 0 saturated carbocycles. The Hall–Kier alpha value is -4.22. The molecule has 0 radical (unpaired) electrons. The van der Waals surface area contributed by atoms with Crippen molar-refractivity contribution in [2.45, 2.75) is 19.6 Å². The first-order valence-corrected chi connectivity index (χ1v) is 9.69. The Bertz CT molecular complexity index is 1260. The molecule has 1 N–H and O–H groups in total. The number of hydrogen-bond acceptors (Lipinski definition) is 5. The topological polar surface area (TPSA) is 104 Å². The molecule has 0 fully saturated rings. The number of hydrogen-bond donors (Lipinski definition) is 1. The van der Waals surface area contributed by atoms with Gasteiger partial charge in [-0.05, 0) is 41.1 Å². The van der Waals surface area contributed by atoms with Crippen LogP contribution in [-0.4, -0.2) is 26.1 Å². The van der Waals surface area contributed by atoms with Gasteiger partial charge in [0.05, 0.1) is 17.5 Å². The normalized spacial score (nSPS) is 11.4. The number of rotatable bonds is 5. The Morgan fingerprint density at radius 1 is 1.24 bits per heavy atom. The van der Waals surface area contributed by atoms with Crippen molar-refractivity contribution in [1.29, 1.82) is 0 Å². The molecule has 4 rings (SSSR count). The molecule has 0 atom stereocenters. The minimum atomic E-state index is -4.52. The molecule has 0 unspecified atom stereocenters. The number of alkyl halides is 3. The number of nitrogens with one attached hydrogen (secondary N) is 1. The molecule has 12 heteroatoms. The smallest absolute Gasteiger partial charge is 0.416 e. The van der Waals surface area contributed by atoms with Crippen LogP contribution in [0.2, 0.25) is 0 Å². The average Bonchev–Trinajstić information content (AvgIpc) is 3.33. The molecular weight excluding hydrogens is 439 g/mol. The maximum Gasteiger partial charge on any atom is 0.416 e. The van der Waals surface area contributed by atoms with E-state index in [4.69, 9.17) is 4.52 Å². The van der Waals surface area contributed by atoms with Gasteiger partial charge in [-0.1, -0.05) is 18.2 Å². The molecule has 33 heavy (non-hydrogen) atoms. The molecule has 0 spiro atoms. The van der Waals surface area contributed by atoms with Crippen LogP contribution in [-0.2, 0) is 19.8 Å². The van der Waals surface area contributed by atoms with Crippen LogP contribution in [0, 0.1) is 6.92 Å². The minimum Gasteiger partial charge on any atom is -0.424 e. The molecule has 0 aliphatic carbocycles. The van der Waals surface area contributed by atoms with Gasteiger partial charge in [-0.25, -0.2) is 0 Å². The summed E-state index contributed by atoms with van der Waals surface area (Å²) < 4.78 is 46.5. The fourth-order valence-corrected chi connectivity index (χ4v) is 3.20. The Kier molecular flexibility index (Phi) is 5.82. The van der Waals surface area contributed by atoms with Crippen LogP contribution in [0.4, 0.5) is 29.5 Å². The maximum absolute atomic E-state index is 12.8. The number of halogens is 3. The molecule has 3 heterocycles. The second kappa shape index (κ2) is 8.73. The third kappa shape index (κ3) is 5.17. The van der Waals surface area contributed by atoms with Crippen molar-refractivity contribution in [1.82, 2.24) is 20.0 Å². The lowest BCUT2D eigenvalue weighted by Crippen LogP contribution is -2.35. The summed E-state index contributed by atoms with van der Waals surface area (Å²) in [6.45, 7) is 2.23. The largest absolute Gasteiger partial charge is 0.424 e. The van der Waals surface area contributed by atoms with Crippen LogP contribution in [0.25, 0.3) is 16.6 Å². The van der Waals surface area contributed by atoms with E-state index in [0.29, 0.717) is 5.69 Å². The predicted octanol–water partition coefficient (Wildman–Crippen LogP) is 4.37. The second-order valence-corrected chi connectivity index (χ2v) is 7.20. The Labute approximate surface area is 185 Å². The summed E-state index contributed by atoms with van der Waals surface area (Å²) in [6, 6.07) is 7.09. The lowest BCUT2D eigenvalue weighted by Gasteiger charge is -2.15. The van der Waals surface area contributed by atoms with E-state index in [1.807, 2.05) is 26.1 Å². The number of anilines is 1. The van der Waals surface area contributed by atoms with Gasteiger partial charge in [-0.3, -0.25) is 14.5 Å². The third-order valence-electron chi connectivity index (χ3n) is 4.70. The van der Waals surface area contributed by atoms with Gasteiger partial charge in [0.15, 0.2) is 11.3 Å². The van der Waals surface area contributed by atoms with Gasteiger partial charge in [-0.15, -0.1) is 0 Å². The molecule has 4 aromatic rings. The van der Waals surface area contributed by atoms with Crippen molar-refractivity contribution in [3.8, 4) is 11.3 Å². The van der Waals surface area contributed by atoms with Crippen molar-refractivity contribution in [3.63, 3.8) is 0 Å². The fraction of sp³-hybridized carbons (Fsp3) is 0.190. The summed E-state index contributed by atoms with van der Waals surface area (Å²) in [5.41, 5.74) is 2.69. The lowest BCUT2D eigenvalue weighted by atomic mass is 10.1. The van der Waals surface area contributed by atoms with Gasteiger partial charge in [0, 0.05) is 18.8 Å². The maximum atomic E-state index is 12.8. The molecular formula is C21H18F3N7O2. The first kappa shape index (κ1) is 22.0. The van der Waals surface area contributed by atoms with Crippen LogP contribution in [0.5, 0.6) is 0 Å². The van der Waals surface area contributed by atoms with Gasteiger partial charge in [0.25, 0.3) is 0 Å². The van der Waals surface area contributed by atoms with Crippen molar-refractivity contribution in [3.05, 3.63) is 77.1 Å². The summed E-state index contributed by atoms with van der Waals surface area (Å²) in [5.74, 6) is -0.110. The van der Waals surface area contributed by atoms with E-state index >= 15 is 0 Å². The summed E-state index contributed by atoms with van der Waals surface area (Å²) in [4.78, 5) is 16.5. The van der Waals surface area contributed by atoms with Crippen LogP contribution in [0.3, 0.4) is 0 Å². The van der Waals surface area contributed by atoms with Gasteiger partial charge in [0.2, 0.25) is 18.6 Å². The Morgan fingerprint density at radius 3 is 2.73 bits per heavy atom. The number of urea groups is 1. The summed E-state index contributed by atoms with van der Waals surface area (Å²) in [5, 5.41) is 13.9. The van der Waals surface area contributed by atoms with Crippen LogP contribution in [0.1, 0.15) is 16.8 Å². The average molecular weight is 457 g/mol. The van der Waals surface area contributed by atoms with Crippen molar-refractivity contribution in [2.24, 2.45) is 7.05 Å². The van der Waals surface area contributed by atoms with Crippen LogP contribution >= 0.6 is 0 Å².